The zero-order valence-corrected chi connectivity index (χ0v) is 8.69. The van der Waals surface area contributed by atoms with Gasteiger partial charge in [-0.25, -0.2) is 4.98 Å². The van der Waals surface area contributed by atoms with Gasteiger partial charge < -0.3 is 5.21 Å². The molecule has 0 bridgehead atoms. The molecule has 0 unspecified atom stereocenters. The van der Waals surface area contributed by atoms with Crippen molar-refractivity contribution >= 4 is 29.4 Å². The number of oxime groups is 1. The van der Waals surface area contributed by atoms with Crippen LogP contribution in [-0.4, -0.2) is 16.4 Å². The molecular formula is C8H8Cl2N2O. The van der Waals surface area contributed by atoms with Gasteiger partial charge in [-0.2, -0.15) is 0 Å². The summed E-state index contributed by atoms with van der Waals surface area (Å²) < 4.78 is 0. The molecule has 0 spiro atoms. The fourth-order valence-corrected chi connectivity index (χ4v) is 1.47. The molecule has 0 aliphatic carbocycles. The maximum Gasteiger partial charge on any atom is 0.138 e. The average Bonchev–Trinajstić information content (AvgIpc) is 2.09. The van der Waals surface area contributed by atoms with Gasteiger partial charge in [-0.15, -0.1) is 0 Å². The van der Waals surface area contributed by atoms with Gasteiger partial charge in [0.25, 0.3) is 0 Å². The molecule has 0 amide bonds. The number of rotatable bonds is 1. The van der Waals surface area contributed by atoms with E-state index in [1.807, 2.05) is 0 Å². The van der Waals surface area contributed by atoms with Crippen LogP contribution < -0.4 is 0 Å². The Morgan fingerprint density at radius 2 is 2.00 bits per heavy atom. The topological polar surface area (TPSA) is 45.5 Å². The van der Waals surface area contributed by atoms with Gasteiger partial charge in [0.05, 0.1) is 16.9 Å². The molecule has 0 fully saturated rings. The van der Waals surface area contributed by atoms with E-state index in [0.29, 0.717) is 16.3 Å². The zero-order valence-electron chi connectivity index (χ0n) is 7.17. The van der Waals surface area contributed by atoms with E-state index < -0.39 is 0 Å². The monoisotopic (exact) mass is 218 g/mol. The van der Waals surface area contributed by atoms with Crippen molar-refractivity contribution in [2.24, 2.45) is 5.16 Å². The van der Waals surface area contributed by atoms with Gasteiger partial charge in [0, 0.05) is 5.56 Å². The maximum atomic E-state index is 8.37. The highest BCUT2D eigenvalue weighted by Gasteiger charge is 2.10. The summed E-state index contributed by atoms with van der Waals surface area (Å²) in [6, 6.07) is 0. The third-order valence-electron chi connectivity index (χ3n) is 1.73. The van der Waals surface area contributed by atoms with Crippen LogP contribution in [-0.2, 0) is 0 Å². The van der Waals surface area contributed by atoms with Crippen LogP contribution in [0.3, 0.4) is 0 Å². The third kappa shape index (κ3) is 1.92. The summed E-state index contributed by atoms with van der Waals surface area (Å²) in [5.41, 5.74) is 1.97. The molecule has 0 aliphatic rings. The first-order valence-electron chi connectivity index (χ1n) is 3.57. The molecule has 1 N–H and O–H groups in total. The van der Waals surface area contributed by atoms with E-state index in [2.05, 4.69) is 10.1 Å². The Morgan fingerprint density at radius 1 is 1.38 bits per heavy atom. The average molecular weight is 219 g/mol. The normalized spacial score (nSPS) is 11.1. The maximum absolute atomic E-state index is 8.37. The van der Waals surface area contributed by atoms with Gasteiger partial charge in [-0.05, 0) is 19.4 Å². The smallest absolute Gasteiger partial charge is 0.138 e. The number of nitrogens with zero attached hydrogens (tertiary/aromatic N) is 2. The molecule has 5 heteroatoms. The summed E-state index contributed by atoms with van der Waals surface area (Å²) in [6.07, 6.45) is 1.22. The first-order valence-corrected chi connectivity index (χ1v) is 4.33. The summed E-state index contributed by atoms with van der Waals surface area (Å²) >= 11 is 11.7. The highest BCUT2D eigenvalue weighted by Crippen LogP contribution is 2.25. The van der Waals surface area contributed by atoms with E-state index in [1.54, 1.807) is 13.8 Å². The Labute approximate surface area is 86.0 Å². The highest BCUT2D eigenvalue weighted by molar-refractivity contribution is 6.35. The number of aromatic nitrogens is 1. The molecule has 1 aromatic rings. The molecule has 1 aromatic heterocycles. The fourth-order valence-electron chi connectivity index (χ4n) is 1.01. The minimum Gasteiger partial charge on any atom is -0.411 e. The number of pyridine rings is 1. The van der Waals surface area contributed by atoms with Crippen LogP contribution >= 0.6 is 23.2 Å². The minimum atomic E-state index is 0.289. The van der Waals surface area contributed by atoms with Gasteiger partial charge in [0.1, 0.15) is 5.15 Å². The number of hydrogen-bond acceptors (Lipinski definition) is 3. The zero-order chi connectivity index (χ0) is 10.0. The Kier molecular flexibility index (Phi) is 3.12. The number of hydrogen-bond donors (Lipinski definition) is 1. The van der Waals surface area contributed by atoms with E-state index in [4.69, 9.17) is 28.4 Å². The van der Waals surface area contributed by atoms with Crippen LogP contribution in [0.4, 0.5) is 0 Å². The van der Waals surface area contributed by atoms with Gasteiger partial charge in [0.2, 0.25) is 0 Å². The molecule has 0 aliphatic heterocycles. The quantitative estimate of drug-likeness (QED) is 0.341. The lowest BCUT2D eigenvalue weighted by molar-refractivity contribution is 0.322. The van der Waals surface area contributed by atoms with Crippen molar-refractivity contribution in [3.05, 3.63) is 27.0 Å². The lowest BCUT2D eigenvalue weighted by Crippen LogP contribution is -1.96. The minimum absolute atomic E-state index is 0.289. The van der Waals surface area contributed by atoms with Crippen molar-refractivity contribution in [1.29, 1.82) is 0 Å². The predicted molar refractivity (Wildman–Crippen MR) is 53.1 cm³/mol. The number of halogens is 2. The van der Waals surface area contributed by atoms with Crippen LogP contribution in [0.25, 0.3) is 0 Å². The van der Waals surface area contributed by atoms with E-state index >= 15 is 0 Å². The van der Waals surface area contributed by atoms with Gasteiger partial charge >= 0.3 is 0 Å². The second kappa shape index (κ2) is 3.94. The Bertz CT molecular complexity index is 364. The summed E-state index contributed by atoms with van der Waals surface area (Å²) in [5, 5.41) is 12.1. The van der Waals surface area contributed by atoms with E-state index in [0.717, 1.165) is 5.56 Å². The molecule has 0 saturated carbocycles. The van der Waals surface area contributed by atoms with Crippen LogP contribution in [0.1, 0.15) is 16.8 Å². The molecule has 0 radical (unpaired) electrons. The summed E-state index contributed by atoms with van der Waals surface area (Å²) in [4.78, 5) is 3.98. The third-order valence-corrected chi connectivity index (χ3v) is 2.57. The van der Waals surface area contributed by atoms with E-state index in [1.165, 1.54) is 6.21 Å². The molecule has 0 saturated heterocycles. The van der Waals surface area contributed by atoms with Gasteiger partial charge in [-0.1, -0.05) is 28.4 Å². The second-order valence-corrected chi connectivity index (χ2v) is 3.32. The fraction of sp³-hybridized carbons (Fsp3) is 0.250. The molecule has 3 nitrogen and oxygen atoms in total. The van der Waals surface area contributed by atoms with Crippen LogP contribution in [0.2, 0.25) is 10.2 Å². The van der Waals surface area contributed by atoms with Crippen molar-refractivity contribution in [3.63, 3.8) is 0 Å². The lowest BCUT2D eigenvalue weighted by atomic mass is 10.1. The second-order valence-electron chi connectivity index (χ2n) is 2.59. The van der Waals surface area contributed by atoms with Crippen molar-refractivity contribution in [2.75, 3.05) is 0 Å². The first-order chi connectivity index (χ1) is 6.07. The molecule has 0 aromatic carbocycles. The molecule has 1 rings (SSSR count). The van der Waals surface area contributed by atoms with E-state index in [-0.39, 0.29) is 5.15 Å². The Balaban J connectivity index is 3.43. The summed E-state index contributed by atoms with van der Waals surface area (Å²) in [6.45, 7) is 3.56. The lowest BCUT2D eigenvalue weighted by Gasteiger charge is -2.06. The van der Waals surface area contributed by atoms with Crippen molar-refractivity contribution in [1.82, 2.24) is 4.98 Å². The Morgan fingerprint density at radius 3 is 2.54 bits per heavy atom. The van der Waals surface area contributed by atoms with Crippen molar-refractivity contribution in [3.8, 4) is 0 Å². The van der Waals surface area contributed by atoms with Crippen LogP contribution in [0, 0.1) is 13.8 Å². The Hall–Kier alpha value is -0.800. The first kappa shape index (κ1) is 10.3. The molecule has 70 valence electrons. The predicted octanol–water partition coefficient (Wildman–Crippen LogP) is 2.81. The standard InChI is InChI=1S/C8H8Cl2N2O/c1-4-6(3-11-13)8(10)12-5(2)7(4)9/h3,13H,1-2H3. The summed E-state index contributed by atoms with van der Waals surface area (Å²) in [7, 11) is 0. The number of aryl methyl sites for hydroxylation is 1. The molecular weight excluding hydrogens is 211 g/mol. The van der Waals surface area contributed by atoms with Crippen molar-refractivity contribution < 1.29 is 5.21 Å². The molecule has 1 heterocycles. The van der Waals surface area contributed by atoms with Crippen LogP contribution in [0.5, 0.6) is 0 Å². The largest absolute Gasteiger partial charge is 0.411 e. The van der Waals surface area contributed by atoms with Gasteiger partial charge in [0.15, 0.2) is 0 Å². The SMILES string of the molecule is Cc1nc(Cl)c(C=NO)c(C)c1Cl. The van der Waals surface area contributed by atoms with Crippen molar-refractivity contribution in [2.45, 2.75) is 13.8 Å². The molecule has 13 heavy (non-hydrogen) atoms. The van der Waals surface area contributed by atoms with Crippen LogP contribution in [0.15, 0.2) is 5.16 Å². The van der Waals surface area contributed by atoms with E-state index in [9.17, 15) is 0 Å². The highest BCUT2D eigenvalue weighted by atomic mass is 35.5. The van der Waals surface area contributed by atoms with Gasteiger partial charge in [-0.3, -0.25) is 0 Å². The molecule has 0 atom stereocenters. The summed E-state index contributed by atoms with van der Waals surface area (Å²) in [5.74, 6) is 0.